The molecular formula is C22H27ClN6O2. The van der Waals surface area contributed by atoms with Gasteiger partial charge in [-0.25, -0.2) is 9.67 Å². The third-order valence-electron chi connectivity index (χ3n) is 5.84. The van der Waals surface area contributed by atoms with Gasteiger partial charge in [0.25, 0.3) is 5.56 Å². The molecule has 3 aromatic rings. The van der Waals surface area contributed by atoms with E-state index in [1.807, 2.05) is 29.2 Å². The van der Waals surface area contributed by atoms with Crippen molar-refractivity contribution in [3.8, 4) is 0 Å². The van der Waals surface area contributed by atoms with Gasteiger partial charge in [-0.2, -0.15) is 0 Å². The first-order valence-electron chi connectivity index (χ1n) is 10.9. The summed E-state index contributed by atoms with van der Waals surface area (Å²) >= 11 is 6.08. The van der Waals surface area contributed by atoms with Crippen molar-refractivity contribution in [1.82, 2.24) is 29.9 Å². The number of amides is 1. The highest BCUT2D eigenvalue weighted by Crippen LogP contribution is 2.26. The molecule has 1 aliphatic rings. The predicted molar refractivity (Wildman–Crippen MR) is 119 cm³/mol. The van der Waals surface area contributed by atoms with Crippen molar-refractivity contribution in [2.24, 2.45) is 0 Å². The van der Waals surface area contributed by atoms with Crippen molar-refractivity contribution in [2.45, 2.75) is 57.9 Å². The number of carbonyl (C=O) groups excluding carboxylic acids is 1. The average molecular weight is 443 g/mol. The highest BCUT2D eigenvalue weighted by molar-refractivity contribution is 6.30. The van der Waals surface area contributed by atoms with E-state index in [0.717, 1.165) is 37.7 Å². The van der Waals surface area contributed by atoms with E-state index in [1.165, 1.54) is 0 Å². The lowest BCUT2D eigenvalue weighted by Gasteiger charge is -2.31. The van der Waals surface area contributed by atoms with Crippen LogP contribution in [0.3, 0.4) is 0 Å². The van der Waals surface area contributed by atoms with Gasteiger partial charge in [0.05, 0.1) is 6.54 Å². The van der Waals surface area contributed by atoms with Gasteiger partial charge in [-0.3, -0.25) is 9.59 Å². The molecule has 2 aromatic heterocycles. The van der Waals surface area contributed by atoms with Crippen LogP contribution in [0.1, 0.15) is 62.8 Å². The van der Waals surface area contributed by atoms with Crippen LogP contribution in [0.5, 0.6) is 0 Å². The molecule has 0 saturated carbocycles. The molecule has 0 unspecified atom stereocenters. The molecule has 9 heteroatoms. The van der Waals surface area contributed by atoms with E-state index in [1.54, 1.807) is 4.68 Å². The number of rotatable bonds is 7. The Kier molecular flexibility index (Phi) is 6.65. The van der Waals surface area contributed by atoms with Gasteiger partial charge in [0.2, 0.25) is 5.91 Å². The highest BCUT2D eigenvalue weighted by Gasteiger charge is 2.26. The Hall–Kier alpha value is -2.74. The number of carbonyl (C=O) groups is 1. The van der Waals surface area contributed by atoms with Crippen LogP contribution in [0.25, 0.3) is 11.2 Å². The number of unbranched alkanes of at least 4 members (excludes halogenated alkanes) is 2. The van der Waals surface area contributed by atoms with Crippen LogP contribution in [-0.4, -0.2) is 48.9 Å². The Morgan fingerprint density at radius 3 is 2.81 bits per heavy atom. The molecule has 8 nitrogen and oxygen atoms in total. The monoisotopic (exact) mass is 442 g/mol. The Labute approximate surface area is 185 Å². The van der Waals surface area contributed by atoms with Gasteiger partial charge < -0.3 is 9.88 Å². The predicted octanol–water partition coefficient (Wildman–Crippen LogP) is 3.50. The van der Waals surface area contributed by atoms with Crippen molar-refractivity contribution in [3.05, 3.63) is 51.0 Å². The normalized spacial score (nSPS) is 15.0. The first-order valence-corrected chi connectivity index (χ1v) is 11.3. The number of hydrogen-bond acceptors (Lipinski definition) is 5. The lowest BCUT2D eigenvalue weighted by Crippen LogP contribution is -2.38. The number of nitrogens with one attached hydrogen (secondary N) is 1. The number of hydrogen-bond donors (Lipinski definition) is 1. The van der Waals surface area contributed by atoms with E-state index in [9.17, 15) is 9.59 Å². The molecule has 1 N–H and O–H groups in total. The Balaban J connectivity index is 1.49. The fourth-order valence-electron chi connectivity index (χ4n) is 4.08. The molecular weight excluding hydrogens is 416 g/mol. The lowest BCUT2D eigenvalue weighted by molar-refractivity contribution is -0.132. The molecule has 1 fully saturated rings. The topological polar surface area (TPSA) is 96.8 Å². The van der Waals surface area contributed by atoms with Crippen molar-refractivity contribution >= 4 is 28.7 Å². The summed E-state index contributed by atoms with van der Waals surface area (Å²) in [5.41, 5.74) is 1.37. The fourth-order valence-corrected chi connectivity index (χ4v) is 4.29. The van der Waals surface area contributed by atoms with Crippen molar-refractivity contribution < 1.29 is 4.79 Å². The van der Waals surface area contributed by atoms with E-state index >= 15 is 0 Å². The maximum atomic E-state index is 12.6. The molecule has 1 saturated heterocycles. The van der Waals surface area contributed by atoms with Crippen LogP contribution < -0.4 is 5.56 Å². The molecule has 31 heavy (non-hydrogen) atoms. The number of fused-ring (bicyclic) bond motifs is 1. The first-order chi connectivity index (χ1) is 15.0. The SMILES string of the molecule is CCCCCC(=O)N1CCC(c2nc3c(nnn3Cc3cccc(Cl)c3)c(=O)[nH]2)CC1. The van der Waals surface area contributed by atoms with Crippen LogP contribution in [0, 0.1) is 0 Å². The smallest absolute Gasteiger partial charge is 0.281 e. The molecule has 0 atom stereocenters. The summed E-state index contributed by atoms with van der Waals surface area (Å²) in [5, 5.41) is 8.78. The van der Waals surface area contributed by atoms with E-state index < -0.39 is 0 Å². The lowest BCUT2D eigenvalue weighted by atomic mass is 9.95. The second kappa shape index (κ2) is 9.60. The van der Waals surface area contributed by atoms with E-state index in [-0.39, 0.29) is 22.9 Å². The van der Waals surface area contributed by atoms with Gasteiger partial charge in [-0.05, 0) is 37.0 Å². The Morgan fingerprint density at radius 1 is 1.26 bits per heavy atom. The second-order valence-corrected chi connectivity index (χ2v) is 8.55. The summed E-state index contributed by atoms with van der Waals surface area (Å²) in [6.45, 7) is 3.95. The number of benzene rings is 1. The summed E-state index contributed by atoms with van der Waals surface area (Å²) in [6.07, 6.45) is 5.33. The van der Waals surface area contributed by atoms with Gasteiger partial charge in [-0.15, -0.1) is 5.10 Å². The molecule has 0 radical (unpaired) electrons. The molecule has 0 spiro atoms. The molecule has 1 amide bonds. The summed E-state index contributed by atoms with van der Waals surface area (Å²) < 4.78 is 1.63. The van der Waals surface area contributed by atoms with Crippen LogP contribution in [0.2, 0.25) is 5.02 Å². The zero-order valence-electron chi connectivity index (χ0n) is 17.7. The zero-order valence-corrected chi connectivity index (χ0v) is 18.4. The van der Waals surface area contributed by atoms with E-state index in [2.05, 4.69) is 22.2 Å². The molecule has 0 bridgehead atoms. The molecule has 1 aliphatic heterocycles. The molecule has 3 heterocycles. The van der Waals surface area contributed by atoms with Gasteiger partial charge >= 0.3 is 0 Å². The largest absolute Gasteiger partial charge is 0.343 e. The van der Waals surface area contributed by atoms with Gasteiger partial charge in [0.15, 0.2) is 11.2 Å². The summed E-state index contributed by atoms with van der Waals surface area (Å²) in [4.78, 5) is 34.5. The first kappa shape index (κ1) is 21.5. The number of likely N-dealkylation sites (tertiary alicyclic amines) is 1. The number of nitrogens with zero attached hydrogens (tertiary/aromatic N) is 5. The van der Waals surface area contributed by atoms with Crippen molar-refractivity contribution in [3.63, 3.8) is 0 Å². The van der Waals surface area contributed by atoms with Crippen molar-refractivity contribution in [1.29, 1.82) is 0 Å². The molecule has 1 aromatic carbocycles. The minimum absolute atomic E-state index is 0.103. The number of aromatic amines is 1. The maximum absolute atomic E-state index is 12.6. The Morgan fingerprint density at radius 2 is 2.06 bits per heavy atom. The molecule has 4 rings (SSSR count). The van der Waals surface area contributed by atoms with Crippen LogP contribution >= 0.6 is 11.6 Å². The van der Waals surface area contributed by atoms with E-state index in [0.29, 0.717) is 42.5 Å². The van der Waals surface area contributed by atoms with Gasteiger partial charge in [0.1, 0.15) is 5.82 Å². The minimum Gasteiger partial charge on any atom is -0.343 e. The van der Waals surface area contributed by atoms with E-state index in [4.69, 9.17) is 16.6 Å². The zero-order chi connectivity index (χ0) is 21.8. The maximum Gasteiger partial charge on any atom is 0.281 e. The summed E-state index contributed by atoms with van der Waals surface area (Å²) in [5.74, 6) is 0.976. The average Bonchev–Trinajstić information content (AvgIpc) is 3.17. The quantitative estimate of drug-likeness (QED) is 0.565. The summed E-state index contributed by atoms with van der Waals surface area (Å²) in [7, 11) is 0. The van der Waals surface area contributed by atoms with Crippen LogP contribution in [0.15, 0.2) is 29.1 Å². The molecule has 0 aliphatic carbocycles. The number of aromatic nitrogens is 5. The number of halogens is 1. The fraction of sp³-hybridized carbons (Fsp3) is 0.500. The van der Waals surface area contributed by atoms with Crippen LogP contribution in [-0.2, 0) is 11.3 Å². The number of piperidine rings is 1. The standard InChI is InChI=1S/C22H27ClN6O2/c1-2-3-4-8-18(30)28-11-9-16(10-12-28)20-24-21-19(22(31)25-20)26-27-29(21)14-15-6-5-7-17(23)13-15/h5-7,13,16H,2-4,8-12,14H2,1H3,(H,24,25,31). The number of H-pyrrole nitrogens is 1. The second-order valence-electron chi connectivity index (χ2n) is 8.11. The highest BCUT2D eigenvalue weighted by atomic mass is 35.5. The van der Waals surface area contributed by atoms with Crippen LogP contribution in [0.4, 0.5) is 0 Å². The third-order valence-corrected chi connectivity index (χ3v) is 6.08. The summed E-state index contributed by atoms with van der Waals surface area (Å²) in [6, 6.07) is 7.49. The minimum atomic E-state index is -0.282. The Bertz CT molecular complexity index is 1120. The molecule has 164 valence electrons. The third kappa shape index (κ3) is 4.95. The van der Waals surface area contributed by atoms with Gasteiger partial charge in [0, 0.05) is 30.5 Å². The van der Waals surface area contributed by atoms with Crippen molar-refractivity contribution in [2.75, 3.05) is 13.1 Å². The van der Waals surface area contributed by atoms with Gasteiger partial charge in [-0.1, -0.05) is 48.7 Å².